The summed E-state index contributed by atoms with van der Waals surface area (Å²) in [6.07, 6.45) is 0.101. The van der Waals surface area contributed by atoms with Crippen molar-refractivity contribution in [2.45, 2.75) is 25.9 Å². The number of hydrogen-bond acceptors (Lipinski definition) is 5. The summed E-state index contributed by atoms with van der Waals surface area (Å²) >= 11 is 0. The second-order valence-electron chi connectivity index (χ2n) is 4.34. The number of carboxylic acid groups (broad SMARTS) is 1. The van der Waals surface area contributed by atoms with Crippen molar-refractivity contribution < 1.29 is 19.4 Å². The molecule has 0 fully saturated rings. The summed E-state index contributed by atoms with van der Waals surface area (Å²) in [5.41, 5.74) is 13.5. The summed E-state index contributed by atoms with van der Waals surface area (Å²) in [5, 5.41) is 8.64. The maximum Gasteiger partial charge on any atom is 0.303 e. The Labute approximate surface area is 104 Å². The van der Waals surface area contributed by atoms with Gasteiger partial charge in [-0.3, -0.25) is 4.79 Å². The SMILES string of the molecule is Cc1cc(N)c2c(c1N)OC(CCC(=O)O)CO2. The zero-order valence-corrected chi connectivity index (χ0v) is 10.1. The molecule has 1 aromatic rings. The monoisotopic (exact) mass is 252 g/mol. The number of nitrogens with two attached hydrogens (primary N) is 2. The van der Waals surface area contributed by atoms with E-state index in [9.17, 15) is 4.79 Å². The van der Waals surface area contributed by atoms with E-state index in [0.29, 0.717) is 29.3 Å². The van der Waals surface area contributed by atoms with Crippen molar-refractivity contribution in [2.75, 3.05) is 18.1 Å². The molecule has 1 unspecified atom stereocenters. The molecule has 6 heteroatoms. The Kier molecular flexibility index (Phi) is 3.18. The largest absolute Gasteiger partial charge is 0.484 e. The Bertz CT molecular complexity index is 487. The van der Waals surface area contributed by atoms with Crippen LogP contribution in [0.5, 0.6) is 11.5 Å². The summed E-state index contributed by atoms with van der Waals surface area (Å²) in [6.45, 7) is 2.11. The zero-order chi connectivity index (χ0) is 13.3. The van der Waals surface area contributed by atoms with Crippen LogP contribution in [0.1, 0.15) is 18.4 Å². The topological polar surface area (TPSA) is 108 Å². The third-order valence-electron chi connectivity index (χ3n) is 2.89. The number of benzene rings is 1. The first-order chi connectivity index (χ1) is 8.49. The lowest BCUT2D eigenvalue weighted by Gasteiger charge is -2.28. The van der Waals surface area contributed by atoms with E-state index >= 15 is 0 Å². The van der Waals surface area contributed by atoms with Crippen LogP contribution in [0, 0.1) is 6.92 Å². The summed E-state index contributed by atoms with van der Waals surface area (Å²) in [5.74, 6) is 0.0138. The lowest BCUT2D eigenvalue weighted by Crippen LogP contribution is -2.30. The fourth-order valence-corrected chi connectivity index (χ4v) is 1.88. The van der Waals surface area contributed by atoms with Crippen molar-refractivity contribution >= 4 is 17.3 Å². The molecule has 1 atom stereocenters. The van der Waals surface area contributed by atoms with Gasteiger partial charge in [-0.1, -0.05) is 0 Å². The van der Waals surface area contributed by atoms with Crippen molar-refractivity contribution in [1.29, 1.82) is 0 Å². The van der Waals surface area contributed by atoms with E-state index in [1.807, 2.05) is 6.92 Å². The van der Waals surface area contributed by atoms with Crippen LogP contribution in [0.25, 0.3) is 0 Å². The van der Waals surface area contributed by atoms with E-state index < -0.39 is 5.97 Å². The highest BCUT2D eigenvalue weighted by molar-refractivity contribution is 5.74. The molecule has 0 radical (unpaired) electrons. The van der Waals surface area contributed by atoms with Gasteiger partial charge in [-0.2, -0.15) is 0 Å². The van der Waals surface area contributed by atoms with Crippen LogP contribution < -0.4 is 20.9 Å². The smallest absolute Gasteiger partial charge is 0.303 e. The van der Waals surface area contributed by atoms with E-state index in [1.54, 1.807) is 6.07 Å². The van der Waals surface area contributed by atoms with Gasteiger partial charge in [-0.15, -0.1) is 0 Å². The number of carboxylic acids is 1. The van der Waals surface area contributed by atoms with Gasteiger partial charge >= 0.3 is 5.97 Å². The number of rotatable bonds is 3. The number of aliphatic carboxylic acids is 1. The highest BCUT2D eigenvalue weighted by Crippen LogP contribution is 2.44. The van der Waals surface area contributed by atoms with Gasteiger partial charge in [0, 0.05) is 6.42 Å². The second kappa shape index (κ2) is 4.64. The van der Waals surface area contributed by atoms with E-state index in [1.165, 1.54) is 0 Å². The van der Waals surface area contributed by atoms with Crippen LogP contribution in [0.4, 0.5) is 11.4 Å². The molecule has 2 rings (SSSR count). The predicted molar refractivity (Wildman–Crippen MR) is 66.8 cm³/mol. The molecule has 0 spiro atoms. The van der Waals surface area contributed by atoms with Gasteiger partial charge in [0.1, 0.15) is 12.7 Å². The second-order valence-corrected chi connectivity index (χ2v) is 4.34. The van der Waals surface area contributed by atoms with Gasteiger partial charge in [0.25, 0.3) is 0 Å². The van der Waals surface area contributed by atoms with E-state index in [2.05, 4.69) is 0 Å². The molecule has 0 aromatic heterocycles. The number of fused-ring (bicyclic) bond motifs is 1. The van der Waals surface area contributed by atoms with Gasteiger partial charge in [0.2, 0.25) is 0 Å². The van der Waals surface area contributed by atoms with Crippen molar-refractivity contribution in [1.82, 2.24) is 0 Å². The molecule has 1 aliphatic rings. The minimum absolute atomic E-state index is 0.0323. The summed E-state index contributed by atoms with van der Waals surface area (Å²) in [6, 6.07) is 1.73. The average Bonchev–Trinajstić information content (AvgIpc) is 2.33. The van der Waals surface area contributed by atoms with Crippen LogP contribution in [0.2, 0.25) is 0 Å². The van der Waals surface area contributed by atoms with E-state index in [4.69, 9.17) is 26.0 Å². The van der Waals surface area contributed by atoms with Gasteiger partial charge in [-0.05, 0) is 25.0 Å². The van der Waals surface area contributed by atoms with Crippen molar-refractivity contribution in [3.63, 3.8) is 0 Å². The molecule has 0 saturated heterocycles. The van der Waals surface area contributed by atoms with Crippen LogP contribution in [0.3, 0.4) is 0 Å². The molecule has 5 N–H and O–H groups in total. The molecule has 0 bridgehead atoms. The molecule has 0 saturated carbocycles. The molecule has 0 amide bonds. The Hall–Kier alpha value is -2.11. The van der Waals surface area contributed by atoms with Gasteiger partial charge in [0.15, 0.2) is 11.5 Å². The summed E-state index contributed by atoms with van der Waals surface area (Å²) < 4.78 is 11.2. The Morgan fingerprint density at radius 3 is 2.89 bits per heavy atom. The molecule has 1 aliphatic heterocycles. The molecule has 0 aliphatic carbocycles. The number of ether oxygens (including phenoxy) is 2. The first-order valence-electron chi connectivity index (χ1n) is 5.69. The summed E-state index contributed by atoms with van der Waals surface area (Å²) in [7, 11) is 0. The van der Waals surface area contributed by atoms with E-state index in [0.717, 1.165) is 5.56 Å². The van der Waals surface area contributed by atoms with Crippen LogP contribution in [0.15, 0.2) is 6.07 Å². The van der Waals surface area contributed by atoms with E-state index in [-0.39, 0.29) is 19.1 Å². The number of nitrogen functional groups attached to an aromatic ring is 2. The van der Waals surface area contributed by atoms with Crippen molar-refractivity contribution in [2.24, 2.45) is 0 Å². The number of hydrogen-bond donors (Lipinski definition) is 3. The summed E-state index contributed by atoms with van der Waals surface area (Å²) in [4.78, 5) is 10.5. The molecular formula is C12H16N2O4. The van der Waals surface area contributed by atoms with Crippen molar-refractivity contribution in [3.05, 3.63) is 11.6 Å². The fourth-order valence-electron chi connectivity index (χ4n) is 1.88. The fraction of sp³-hybridized carbons (Fsp3) is 0.417. The minimum Gasteiger partial charge on any atom is -0.484 e. The Morgan fingerprint density at radius 2 is 2.22 bits per heavy atom. The maximum atomic E-state index is 10.5. The molecule has 18 heavy (non-hydrogen) atoms. The molecule has 1 heterocycles. The van der Waals surface area contributed by atoms with Crippen LogP contribution >= 0.6 is 0 Å². The highest BCUT2D eigenvalue weighted by Gasteiger charge is 2.26. The number of carbonyl (C=O) groups is 1. The number of anilines is 2. The first kappa shape index (κ1) is 12.3. The Morgan fingerprint density at radius 1 is 1.50 bits per heavy atom. The zero-order valence-electron chi connectivity index (χ0n) is 10.1. The van der Waals surface area contributed by atoms with Gasteiger partial charge in [0.05, 0.1) is 11.4 Å². The highest BCUT2D eigenvalue weighted by atomic mass is 16.6. The normalized spacial score (nSPS) is 17.5. The maximum absolute atomic E-state index is 10.5. The molecule has 6 nitrogen and oxygen atoms in total. The average molecular weight is 252 g/mol. The molecule has 98 valence electrons. The lowest BCUT2D eigenvalue weighted by atomic mass is 10.1. The standard InChI is InChI=1S/C12H16N2O4/c1-6-4-8(13)11-12(10(6)14)18-7(5-17-11)2-3-9(15)16/h4,7H,2-3,5,13-14H2,1H3,(H,15,16). The first-order valence-corrected chi connectivity index (χ1v) is 5.69. The quantitative estimate of drug-likeness (QED) is 0.697. The lowest BCUT2D eigenvalue weighted by molar-refractivity contribution is -0.137. The van der Waals surface area contributed by atoms with Gasteiger partial charge in [-0.25, -0.2) is 0 Å². The van der Waals surface area contributed by atoms with Crippen LogP contribution in [-0.4, -0.2) is 23.8 Å². The molecule has 1 aromatic carbocycles. The van der Waals surface area contributed by atoms with Crippen LogP contribution in [-0.2, 0) is 4.79 Å². The Balaban J connectivity index is 2.20. The predicted octanol–water partition coefficient (Wildman–Crippen LogP) is 1.16. The third-order valence-corrected chi connectivity index (χ3v) is 2.89. The van der Waals surface area contributed by atoms with Crippen molar-refractivity contribution in [3.8, 4) is 11.5 Å². The molecular weight excluding hydrogens is 236 g/mol. The third kappa shape index (κ3) is 2.27. The minimum atomic E-state index is -0.860. The van der Waals surface area contributed by atoms with Gasteiger partial charge < -0.3 is 26.0 Å². The number of aryl methyl sites for hydroxylation is 1.